The van der Waals surface area contributed by atoms with E-state index >= 15 is 0 Å². The van der Waals surface area contributed by atoms with Crippen LogP contribution in [-0.4, -0.2) is 63.3 Å². The summed E-state index contributed by atoms with van der Waals surface area (Å²) in [5.74, 6) is 0.873. The third kappa shape index (κ3) is 6.72. The molecule has 0 spiro atoms. The molecule has 0 saturated carbocycles. The number of piperazine rings is 1. The topological polar surface area (TPSA) is 15.7 Å². The van der Waals surface area contributed by atoms with Crippen LogP contribution in [0, 0.1) is 5.92 Å². The molecule has 1 aliphatic rings. The van der Waals surface area contributed by atoms with E-state index in [2.05, 4.69) is 23.8 Å². The predicted molar refractivity (Wildman–Crippen MR) is 78.1 cm³/mol. The molecule has 0 bridgehead atoms. The molecule has 0 N–H and O–H groups in total. The van der Waals surface area contributed by atoms with Crippen LogP contribution in [0.25, 0.3) is 0 Å². The fourth-order valence-electron chi connectivity index (χ4n) is 2.68. The van der Waals surface area contributed by atoms with Crippen molar-refractivity contribution in [1.29, 1.82) is 0 Å². The Morgan fingerprint density at radius 1 is 1.06 bits per heavy atom. The van der Waals surface area contributed by atoms with Gasteiger partial charge in [0, 0.05) is 39.9 Å². The number of likely N-dealkylation sites (N-methyl/N-ethyl adjacent to an activating group) is 1. The highest BCUT2D eigenvalue weighted by atomic mass is 16.5. The molecule has 108 valence electrons. The molecule has 18 heavy (non-hydrogen) atoms. The summed E-state index contributed by atoms with van der Waals surface area (Å²) in [4.78, 5) is 5.05. The molecular weight excluding hydrogens is 224 g/mol. The first kappa shape index (κ1) is 15.9. The number of hydrogen-bond acceptors (Lipinski definition) is 3. The van der Waals surface area contributed by atoms with Gasteiger partial charge >= 0.3 is 0 Å². The van der Waals surface area contributed by atoms with Crippen molar-refractivity contribution < 1.29 is 4.74 Å². The summed E-state index contributed by atoms with van der Waals surface area (Å²) in [7, 11) is 4.03. The first-order chi connectivity index (χ1) is 8.76. The van der Waals surface area contributed by atoms with Crippen LogP contribution in [0.4, 0.5) is 0 Å². The lowest BCUT2D eigenvalue weighted by molar-refractivity contribution is 0.149. The van der Waals surface area contributed by atoms with Crippen molar-refractivity contribution >= 4 is 0 Å². The molecular formula is C15H32N2O. The Labute approximate surface area is 113 Å². The van der Waals surface area contributed by atoms with Gasteiger partial charge in [0.05, 0.1) is 0 Å². The number of ether oxygens (including phenoxy) is 1. The second-order valence-electron chi connectivity index (χ2n) is 5.70. The van der Waals surface area contributed by atoms with Crippen LogP contribution in [0.2, 0.25) is 0 Å². The van der Waals surface area contributed by atoms with Crippen LogP contribution >= 0.6 is 0 Å². The zero-order valence-electron chi connectivity index (χ0n) is 12.7. The standard InChI is InChI=1S/C15H32N2O/c1-4-15(8-14-18-3)7-5-6-9-17-12-10-16(2)11-13-17/h15H,4-14H2,1-3H3/t15-/m0/s1. The Hall–Kier alpha value is -0.120. The molecule has 1 fully saturated rings. The summed E-state index contributed by atoms with van der Waals surface area (Å²) < 4.78 is 5.17. The van der Waals surface area contributed by atoms with Crippen molar-refractivity contribution in [2.24, 2.45) is 5.92 Å². The van der Waals surface area contributed by atoms with Gasteiger partial charge in [-0.1, -0.05) is 26.2 Å². The van der Waals surface area contributed by atoms with Gasteiger partial charge in [-0.3, -0.25) is 0 Å². The van der Waals surface area contributed by atoms with Gasteiger partial charge in [0.25, 0.3) is 0 Å². The average Bonchev–Trinajstić information content (AvgIpc) is 2.40. The van der Waals surface area contributed by atoms with Gasteiger partial charge < -0.3 is 14.5 Å². The summed E-state index contributed by atoms with van der Waals surface area (Å²) in [6.45, 7) is 9.54. The summed E-state index contributed by atoms with van der Waals surface area (Å²) in [5, 5.41) is 0. The zero-order chi connectivity index (χ0) is 13.2. The molecule has 1 heterocycles. The van der Waals surface area contributed by atoms with Crippen LogP contribution in [0.15, 0.2) is 0 Å². The Morgan fingerprint density at radius 2 is 1.78 bits per heavy atom. The fraction of sp³-hybridized carbons (Fsp3) is 1.00. The van der Waals surface area contributed by atoms with E-state index in [1.165, 1.54) is 64.8 Å². The van der Waals surface area contributed by atoms with Gasteiger partial charge in [0.2, 0.25) is 0 Å². The molecule has 0 aliphatic carbocycles. The normalized spacial score (nSPS) is 20.2. The summed E-state index contributed by atoms with van der Waals surface area (Å²) in [6, 6.07) is 0. The largest absolute Gasteiger partial charge is 0.385 e. The molecule has 3 heteroatoms. The smallest absolute Gasteiger partial charge is 0.0464 e. The maximum Gasteiger partial charge on any atom is 0.0464 e. The maximum atomic E-state index is 5.17. The number of methoxy groups -OCH3 is 1. The van der Waals surface area contributed by atoms with Crippen LogP contribution < -0.4 is 0 Å². The minimum Gasteiger partial charge on any atom is -0.385 e. The zero-order valence-corrected chi connectivity index (χ0v) is 12.7. The quantitative estimate of drug-likeness (QED) is 0.589. The second kappa shape index (κ2) is 9.76. The third-order valence-electron chi connectivity index (χ3n) is 4.24. The minimum absolute atomic E-state index is 0.873. The van der Waals surface area contributed by atoms with E-state index in [4.69, 9.17) is 4.74 Å². The molecule has 3 nitrogen and oxygen atoms in total. The molecule has 1 saturated heterocycles. The summed E-state index contributed by atoms with van der Waals surface area (Å²) >= 11 is 0. The van der Waals surface area contributed by atoms with Crippen molar-refractivity contribution in [3.8, 4) is 0 Å². The monoisotopic (exact) mass is 256 g/mol. The van der Waals surface area contributed by atoms with Crippen LogP contribution in [0.1, 0.15) is 39.0 Å². The van der Waals surface area contributed by atoms with Crippen LogP contribution in [0.5, 0.6) is 0 Å². The van der Waals surface area contributed by atoms with Crippen molar-refractivity contribution in [2.75, 3.05) is 53.5 Å². The second-order valence-corrected chi connectivity index (χ2v) is 5.70. The van der Waals surface area contributed by atoms with Gasteiger partial charge in [-0.25, -0.2) is 0 Å². The Morgan fingerprint density at radius 3 is 2.39 bits per heavy atom. The highest BCUT2D eigenvalue weighted by Gasteiger charge is 2.13. The van der Waals surface area contributed by atoms with Crippen LogP contribution in [-0.2, 0) is 4.74 Å². The highest BCUT2D eigenvalue weighted by molar-refractivity contribution is 4.69. The van der Waals surface area contributed by atoms with E-state index in [-0.39, 0.29) is 0 Å². The highest BCUT2D eigenvalue weighted by Crippen LogP contribution is 2.16. The van der Waals surface area contributed by atoms with E-state index in [0.717, 1.165) is 12.5 Å². The number of hydrogen-bond donors (Lipinski definition) is 0. The van der Waals surface area contributed by atoms with E-state index in [1.807, 2.05) is 0 Å². The minimum atomic E-state index is 0.873. The molecule has 0 aromatic rings. The average molecular weight is 256 g/mol. The molecule has 0 unspecified atom stereocenters. The van der Waals surface area contributed by atoms with Crippen molar-refractivity contribution in [1.82, 2.24) is 9.80 Å². The first-order valence-corrected chi connectivity index (χ1v) is 7.66. The van der Waals surface area contributed by atoms with Crippen LogP contribution in [0.3, 0.4) is 0 Å². The summed E-state index contributed by atoms with van der Waals surface area (Å²) in [6.07, 6.45) is 6.68. The van der Waals surface area contributed by atoms with E-state index in [1.54, 1.807) is 7.11 Å². The Bertz CT molecular complexity index is 184. The number of nitrogens with zero attached hydrogens (tertiary/aromatic N) is 2. The fourth-order valence-corrected chi connectivity index (χ4v) is 2.68. The van der Waals surface area contributed by atoms with Gasteiger partial charge in [-0.2, -0.15) is 0 Å². The Balaban J connectivity index is 1.99. The first-order valence-electron chi connectivity index (χ1n) is 7.66. The lowest BCUT2D eigenvalue weighted by Gasteiger charge is -2.32. The van der Waals surface area contributed by atoms with Gasteiger partial charge in [0.15, 0.2) is 0 Å². The van der Waals surface area contributed by atoms with E-state index in [9.17, 15) is 0 Å². The van der Waals surface area contributed by atoms with Crippen molar-refractivity contribution in [2.45, 2.75) is 39.0 Å². The molecule has 1 aliphatic heterocycles. The molecule has 0 radical (unpaired) electrons. The van der Waals surface area contributed by atoms with E-state index < -0.39 is 0 Å². The molecule has 1 rings (SSSR count). The van der Waals surface area contributed by atoms with Gasteiger partial charge in [-0.15, -0.1) is 0 Å². The number of rotatable bonds is 9. The molecule has 0 aromatic carbocycles. The van der Waals surface area contributed by atoms with Gasteiger partial charge in [-0.05, 0) is 32.4 Å². The van der Waals surface area contributed by atoms with Crippen molar-refractivity contribution in [3.63, 3.8) is 0 Å². The SMILES string of the molecule is CC[C@@H](CCCCN1CCN(C)CC1)CCOC. The summed E-state index contributed by atoms with van der Waals surface area (Å²) in [5.41, 5.74) is 0. The van der Waals surface area contributed by atoms with E-state index in [0.29, 0.717) is 0 Å². The predicted octanol–water partition coefficient (Wildman–Crippen LogP) is 2.47. The van der Waals surface area contributed by atoms with Gasteiger partial charge in [0.1, 0.15) is 0 Å². The molecule has 0 aromatic heterocycles. The lowest BCUT2D eigenvalue weighted by Crippen LogP contribution is -2.44. The lowest BCUT2D eigenvalue weighted by atomic mass is 9.96. The number of unbranched alkanes of at least 4 members (excludes halogenated alkanes) is 1. The maximum absolute atomic E-state index is 5.17. The Kier molecular flexibility index (Phi) is 8.64. The molecule has 1 atom stereocenters. The van der Waals surface area contributed by atoms with Crippen molar-refractivity contribution in [3.05, 3.63) is 0 Å². The molecule has 0 amide bonds. The third-order valence-corrected chi connectivity index (χ3v) is 4.24.